The second kappa shape index (κ2) is 11.1. The van der Waals surface area contributed by atoms with Gasteiger partial charge in [0.25, 0.3) is 0 Å². The van der Waals surface area contributed by atoms with Crippen molar-refractivity contribution in [1.82, 2.24) is 4.98 Å². The second-order valence-corrected chi connectivity index (χ2v) is 10.6. The minimum absolute atomic E-state index is 0.0186. The molecule has 3 heteroatoms. The number of pyridine rings is 1. The van der Waals surface area contributed by atoms with Gasteiger partial charge in [0.15, 0.2) is 0 Å². The summed E-state index contributed by atoms with van der Waals surface area (Å²) in [5.41, 5.74) is 11.3. The first kappa shape index (κ1) is 26.1. The Morgan fingerprint density at radius 3 is 1.78 bits per heavy atom. The Morgan fingerprint density at radius 1 is 0.463 bits per heavy atom. The molecule has 0 aliphatic rings. The Balaban J connectivity index is 1.54. The maximum absolute atomic E-state index is 10.2. The zero-order valence-electron chi connectivity index (χ0n) is 23.1. The summed E-state index contributed by atoms with van der Waals surface area (Å²) in [5.74, 6) is 0.458. The van der Waals surface area contributed by atoms with E-state index in [-0.39, 0.29) is 11.5 Å². The van der Waals surface area contributed by atoms with Gasteiger partial charge in [-0.1, -0.05) is 111 Å². The molecule has 6 rings (SSSR count). The van der Waals surface area contributed by atoms with Crippen molar-refractivity contribution in [1.29, 1.82) is 0 Å². The van der Waals surface area contributed by atoms with Crippen molar-refractivity contribution in [2.75, 3.05) is 0 Å². The molecule has 6 aromatic rings. The molecule has 0 unspecified atom stereocenters. The van der Waals surface area contributed by atoms with Gasteiger partial charge < -0.3 is 10.2 Å². The molecule has 0 bridgehead atoms. The van der Waals surface area contributed by atoms with Gasteiger partial charge in [0.2, 0.25) is 0 Å². The highest BCUT2D eigenvalue weighted by Gasteiger charge is 2.16. The average molecular weight is 534 g/mol. The molecule has 0 aliphatic heterocycles. The molecule has 0 aliphatic carbocycles. The highest BCUT2D eigenvalue weighted by Crippen LogP contribution is 2.41. The van der Waals surface area contributed by atoms with Gasteiger partial charge in [0, 0.05) is 23.4 Å². The van der Waals surface area contributed by atoms with Crippen LogP contribution in [0, 0.1) is 0 Å². The molecular formula is C38H31NO2. The van der Waals surface area contributed by atoms with Crippen LogP contribution >= 0.6 is 0 Å². The number of phenolic OH excluding ortho intramolecular Hbond substituents is 2. The van der Waals surface area contributed by atoms with Gasteiger partial charge in [-0.2, -0.15) is 0 Å². The lowest BCUT2D eigenvalue weighted by atomic mass is 9.89. The Hall–Kier alpha value is -5.15. The van der Waals surface area contributed by atoms with Gasteiger partial charge in [-0.25, -0.2) is 0 Å². The quantitative estimate of drug-likeness (QED) is 0.224. The van der Waals surface area contributed by atoms with Crippen LogP contribution in [0.25, 0.3) is 55.8 Å². The number of rotatable bonds is 6. The Labute approximate surface area is 241 Å². The van der Waals surface area contributed by atoms with E-state index in [0.29, 0.717) is 5.92 Å². The first-order valence-electron chi connectivity index (χ1n) is 13.9. The van der Waals surface area contributed by atoms with E-state index in [1.807, 2.05) is 30.5 Å². The lowest BCUT2D eigenvalue weighted by Gasteiger charge is -2.17. The van der Waals surface area contributed by atoms with Crippen LogP contribution in [-0.2, 0) is 0 Å². The van der Waals surface area contributed by atoms with Crippen LogP contribution in [-0.4, -0.2) is 15.2 Å². The standard InChI is InChI=1S/C38H31NO2/c1-25(2)29-11-8-12-30(19-29)38-23-36(28-17-15-27(16-18-28)26-9-4-3-5-10-26)37(24-39-38)35-14-7-6-13-34(35)31-20-32(40)22-33(41)21-31/h3-25,40-41H,1-2H3. The van der Waals surface area contributed by atoms with E-state index in [2.05, 4.69) is 98.8 Å². The fourth-order valence-electron chi connectivity index (χ4n) is 5.32. The number of aromatic hydroxyl groups is 2. The predicted octanol–water partition coefficient (Wildman–Crippen LogP) is 9.95. The highest BCUT2D eigenvalue weighted by atomic mass is 16.3. The molecule has 2 N–H and O–H groups in total. The third-order valence-electron chi connectivity index (χ3n) is 7.49. The van der Waals surface area contributed by atoms with Gasteiger partial charge in [-0.05, 0) is 74.7 Å². The maximum Gasteiger partial charge on any atom is 0.119 e. The van der Waals surface area contributed by atoms with Crippen molar-refractivity contribution >= 4 is 0 Å². The molecule has 0 fully saturated rings. The first-order valence-corrected chi connectivity index (χ1v) is 13.9. The monoisotopic (exact) mass is 533 g/mol. The molecule has 1 heterocycles. The summed E-state index contributed by atoms with van der Waals surface area (Å²) in [4.78, 5) is 4.95. The van der Waals surface area contributed by atoms with E-state index in [0.717, 1.165) is 50.2 Å². The fraction of sp³-hybridized carbons (Fsp3) is 0.0789. The van der Waals surface area contributed by atoms with Crippen molar-refractivity contribution in [2.45, 2.75) is 19.8 Å². The average Bonchev–Trinajstić information content (AvgIpc) is 3.01. The molecule has 0 atom stereocenters. The van der Waals surface area contributed by atoms with Crippen molar-refractivity contribution < 1.29 is 10.2 Å². The smallest absolute Gasteiger partial charge is 0.119 e. The molecule has 0 radical (unpaired) electrons. The summed E-state index contributed by atoms with van der Waals surface area (Å²) >= 11 is 0. The van der Waals surface area contributed by atoms with Gasteiger partial charge >= 0.3 is 0 Å². The fourth-order valence-corrected chi connectivity index (χ4v) is 5.32. The van der Waals surface area contributed by atoms with Crippen molar-refractivity contribution in [3.05, 3.63) is 139 Å². The SMILES string of the molecule is CC(C)c1cccc(-c2cc(-c3ccc(-c4ccccc4)cc3)c(-c3ccccc3-c3cc(O)cc(O)c3)cn2)c1. The van der Waals surface area contributed by atoms with Crippen molar-refractivity contribution in [3.63, 3.8) is 0 Å². The zero-order valence-corrected chi connectivity index (χ0v) is 23.1. The number of benzene rings is 5. The van der Waals surface area contributed by atoms with E-state index < -0.39 is 0 Å². The molecule has 0 saturated heterocycles. The maximum atomic E-state index is 10.2. The van der Waals surface area contributed by atoms with Crippen LogP contribution in [0.1, 0.15) is 25.3 Å². The van der Waals surface area contributed by atoms with E-state index in [9.17, 15) is 10.2 Å². The highest BCUT2D eigenvalue weighted by molar-refractivity contribution is 5.93. The minimum atomic E-state index is 0.0186. The van der Waals surface area contributed by atoms with Crippen LogP contribution in [0.4, 0.5) is 0 Å². The summed E-state index contributed by atoms with van der Waals surface area (Å²) < 4.78 is 0. The van der Waals surface area contributed by atoms with Crippen molar-refractivity contribution in [3.8, 4) is 67.3 Å². The summed E-state index contributed by atoms with van der Waals surface area (Å²) in [7, 11) is 0. The summed E-state index contributed by atoms with van der Waals surface area (Å²) in [6, 6.07) is 42.5. The number of phenols is 2. The summed E-state index contributed by atoms with van der Waals surface area (Å²) in [6.07, 6.45) is 1.94. The molecule has 200 valence electrons. The van der Waals surface area contributed by atoms with Crippen LogP contribution in [0.15, 0.2) is 134 Å². The predicted molar refractivity (Wildman–Crippen MR) is 169 cm³/mol. The first-order chi connectivity index (χ1) is 20.0. The number of hydrogen-bond donors (Lipinski definition) is 2. The molecule has 3 nitrogen and oxygen atoms in total. The molecule has 1 aromatic heterocycles. The Morgan fingerprint density at radius 2 is 1.07 bits per heavy atom. The molecule has 0 amide bonds. The van der Waals surface area contributed by atoms with Gasteiger partial charge in [-0.3, -0.25) is 4.98 Å². The third kappa shape index (κ3) is 5.48. The van der Waals surface area contributed by atoms with Gasteiger partial charge in [0.05, 0.1) is 5.69 Å². The topological polar surface area (TPSA) is 53.4 Å². The molecular weight excluding hydrogens is 502 g/mol. The van der Waals surface area contributed by atoms with Crippen LogP contribution in [0.2, 0.25) is 0 Å². The van der Waals surface area contributed by atoms with Crippen LogP contribution in [0.3, 0.4) is 0 Å². The van der Waals surface area contributed by atoms with Crippen LogP contribution in [0.5, 0.6) is 11.5 Å². The summed E-state index contributed by atoms with van der Waals surface area (Å²) in [6.45, 7) is 4.40. The molecule has 5 aromatic carbocycles. The third-order valence-corrected chi connectivity index (χ3v) is 7.49. The Kier molecular flexibility index (Phi) is 7.09. The molecule has 0 saturated carbocycles. The van der Waals surface area contributed by atoms with E-state index in [4.69, 9.17) is 4.98 Å². The van der Waals surface area contributed by atoms with E-state index in [1.165, 1.54) is 17.2 Å². The van der Waals surface area contributed by atoms with Gasteiger partial charge in [-0.15, -0.1) is 0 Å². The largest absolute Gasteiger partial charge is 0.508 e. The number of aromatic nitrogens is 1. The van der Waals surface area contributed by atoms with E-state index >= 15 is 0 Å². The second-order valence-electron chi connectivity index (χ2n) is 10.6. The zero-order chi connectivity index (χ0) is 28.3. The number of nitrogens with zero attached hydrogens (tertiary/aromatic N) is 1. The minimum Gasteiger partial charge on any atom is -0.508 e. The lowest BCUT2D eigenvalue weighted by Crippen LogP contribution is -1.94. The van der Waals surface area contributed by atoms with Crippen LogP contribution < -0.4 is 0 Å². The molecule has 41 heavy (non-hydrogen) atoms. The normalized spacial score (nSPS) is 11.1. The van der Waals surface area contributed by atoms with Crippen molar-refractivity contribution in [2.24, 2.45) is 0 Å². The van der Waals surface area contributed by atoms with E-state index in [1.54, 1.807) is 12.1 Å². The van der Waals surface area contributed by atoms with Gasteiger partial charge in [0.1, 0.15) is 11.5 Å². The molecule has 0 spiro atoms. The lowest BCUT2D eigenvalue weighted by molar-refractivity contribution is 0.451. The Bertz CT molecular complexity index is 1800. The summed E-state index contributed by atoms with van der Waals surface area (Å²) in [5, 5.41) is 20.4. The number of hydrogen-bond acceptors (Lipinski definition) is 3.